The van der Waals surface area contributed by atoms with Crippen molar-refractivity contribution in [2.75, 3.05) is 20.8 Å². The van der Waals surface area contributed by atoms with E-state index < -0.39 is 12.0 Å². The molecule has 0 saturated carbocycles. The molecule has 0 fully saturated rings. The highest BCUT2D eigenvalue weighted by molar-refractivity contribution is 7.07. The molecule has 0 N–H and O–H groups in total. The lowest BCUT2D eigenvalue weighted by Crippen LogP contribution is -2.40. The highest BCUT2D eigenvalue weighted by Gasteiger charge is 2.35. The van der Waals surface area contributed by atoms with Crippen LogP contribution in [0.5, 0.6) is 11.5 Å². The summed E-state index contributed by atoms with van der Waals surface area (Å²) in [6.07, 6.45) is 1.65. The first-order valence-corrected chi connectivity index (χ1v) is 15.5. The van der Waals surface area contributed by atoms with E-state index in [1.54, 1.807) is 68.6 Å². The van der Waals surface area contributed by atoms with Gasteiger partial charge in [-0.25, -0.2) is 9.79 Å². The van der Waals surface area contributed by atoms with Crippen LogP contribution < -0.4 is 24.4 Å². The predicted octanol–water partition coefficient (Wildman–Crippen LogP) is 6.52. The maximum Gasteiger partial charge on any atom is 0.338 e. The maximum absolute atomic E-state index is 14.2. The van der Waals surface area contributed by atoms with Crippen LogP contribution in [0.25, 0.3) is 23.1 Å². The zero-order valence-corrected chi connectivity index (χ0v) is 26.7. The van der Waals surface area contributed by atoms with Gasteiger partial charge in [0.15, 0.2) is 16.3 Å². The van der Waals surface area contributed by atoms with Crippen LogP contribution in [-0.4, -0.2) is 31.4 Å². The topological polar surface area (TPSA) is 92.3 Å². The van der Waals surface area contributed by atoms with E-state index in [0.29, 0.717) is 64.8 Å². The summed E-state index contributed by atoms with van der Waals surface area (Å²) < 4.78 is 24.5. The number of furan rings is 1. The molecule has 45 heavy (non-hydrogen) atoms. The third kappa shape index (κ3) is 5.70. The number of hydrogen-bond donors (Lipinski definition) is 0. The summed E-state index contributed by atoms with van der Waals surface area (Å²) in [5.74, 6) is 1.30. The van der Waals surface area contributed by atoms with Crippen LogP contribution in [0, 0.1) is 0 Å². The van der Waals surface area contributed by atoms with Crippen molar-refractivity contribution in [2.24, 2.45) is 4.99 Å². The SMILES string of the molecule is CCOC(=O)C1=C(c2ccccc2)N=c2s/c(=C\c3ccc(-c4cccc(Cl)c4Cl)o3)c(=O)n2[C@H]1c1ccc(OC)c(OC)c1. The Labute approximate surface area is 272 Å². The summed E-state index contributed by atoms with van der Waals surface area (Å²) in [4.78, 5) is 33.2. The van der Waals surface area contributed by atoms with Crippen LogP contribution in [-0.2, 0) is 9.53 Å². The van der Waals surface area contributed by atoms with E-state index in [-0.39, 0.29) is 17.7 Å². The number of thiazole rings is 1. The Balaban J connectivity index is 1.58. The van der Waals surface area contributed by atoms with Gasteiger partial charge in [-0.05, 0) is 48.9 Å². The van der Waals surface area contributed by atoms with Crippen LogP contribution in [0.3, 0.4) is 0 Å². The normalized spacial score (nSPS) is 14.6. The molecule has 8 nitrogen and oxygen atoms in total. The van der Waals surface area contributed by atoms with Crippen molar-refractivity contribution in [1.29, 1.82) is 0 Å². The lowest BCUT2D eigenvalue weighted by Gasteiger charge is -2.26. The Morgan fingerprint density at radius 1 is 1.00 bits per heavy atom. The van der Waals surface area contributed by atoms with Crippen molar-refractivity contribution in [3.05, 3.63) is 131 Å². The second-order valence-electron chi connectivity index (χ2n) is 9.85. The molecule has 0 radical (unpaired) electrons. The first-order chi connectivity index (χ1) is 21.8. The fraction of sp³-hybridized carbons (Fsp3) is 0.147. The number of aromatic nitrogens is 1. The van der Waals surface area contributed by atoms with Gasteiger partial charge in [0.05, 0.1) is 52.7 Å². The quantitative estimate of drug-likeness (QED) is 0.176. The maximum atomic E-state index is 14.2. The first-order valence-electron chi connectivity index (χ1n) is 13.9. The summed E-state index contributed by atoms with van der Waals surface area (Å²) in [7, 11) is 3.07. The fourth-order valence-corrected chi connectivity index (χ4v) is 6.55. The molecule has 228 valence electrons. The Hall–Kier alpha value is -4.57. The molecular formula is C34H26Cl2N2O6S. The average Bonchev–Trinajstić information content (AvgIpc) is 3.65. The number of carbonyl (C=O) groups is 1. The van der Waals surface area contributed by atoms with E-state index in [1.807, 2.05) is 30.3 Å². The zero-order valence-electron chi connectivity index (χ0n) is 24.4. The molecular weight excluding hydrogens is 635 g/mol. The third-order valence-electron chi connectivity index (χ3n) is 7.21. The van der Waals surface area contributed by atoms with Gasteiger partial charge in [-0.2, -0.15) is 0 Å². The van der Waals surface area contributed by atoms with Crippen molar-refractivity contribution < 1.29 is 23.4 Å². The number of halogens is 2. The summed E-state index contributed by atoms with van der Waals surface area (Å²) >= 11 is 13.8. The lowest BCUT2D eigenvalue weighted by molar-refractivity contribution is -0.138. The highest BCUT2D eigenvalue weighted by Crippen LogP contribution is 2.39. The lowest BCUT2D eigenvalue weighted by atomic mass is 9.93. The van der Waals surface area contributed by atoms with Crippen LogP contribution in [0.4, 0.5) is 0 Å². The summed E-state index contributed by atoms with van der Waals surface area (Å²) in [6.45, 7) is 1.88. The van der Waals surface area contributed by atoms with E-state index >= 15 is 0 Å². The standard InChI is InChI=1S/C34H26Cl2N2O6S/c1-4-43-33(40)28-30(19-9-6-5-7-10-19)37-34-38(31(28)20-13-15-25(41-2)26(17-20)42-3)32(39)27(45-34)18-21-14-16-24(44-21)22-11-8-12-23(35)29(22)36/h5-18,31H,4H2,1-3H3/b27-18-/t31-/m0/s1. The number of carbonyl (C=O) groups excluding carboxylic acids is 1. The Bertz CT molecular complexity index is 2130. The molecule has 0 spiro atoms. The van der Waals surface area contributed by atoms with Gasteiger partial charge < -0.3 is 18.6 Å². The number of benzene rings is 3. The Morgan fingerprint density at radius 2 is 1.78 bits per heavy atom. The second-order valence-corrected chi connectivity index (χ2v) is 11.6. The van der Waals surface area contributed by atoms with Crippen molar-refractivity contribution in [1.82, 2.24) is 4.57 Å². The van der Waals surface area contributed by atoms with Gasteiger partial charge in [-0.1, -0.05) is 77.0 Å². The molecule has 0 aliphatic carbocycles. The molecule has 2 aromatic heterocycles. The van der Waals surface area contributed by atoms with Gasteiger partial charge in [-0.15, -0.1) is 0 Å². The first kappa shape index (κ1) is 30.5. The van der Waals surface area contributed by atoms with E-state index in [4.69, 9.17) is 46.8 Å². The molecule has 11 heteroatoms. The van der Waals surface area contributed by atoms with Crippen molar-refractivity contribution in [3.8, 4) is 22.8 Å². The number of nitrogens with zero attached hydrogens (tertiary/aromatic N) is 2. The predicted molar refractivity (Wildman–Crippen MR) is 175 cm³/mol. The zero-order chi connectivity index (χ0) is 31.7. The fourth-order valence-electron chi connectivity index (χ4n) is 5.18. The van der Waals surface area contributed by atoms with Gasteiger partial charge in [0, 0.05) is 17.2 Å². The molecule has 6 rings (SSSR count). The number of hydrogen-bond acceptors (Lipinski definition) is 8. The van der Waals surface area contributed by atoms with Crippen LogP contribution in [0.15, 0.2) is 98.6 Å². The molecule has 0 unspecified atom stereocenters. The van der Waals surface area contributed by atoms with Gasteiger partial charge in [0.25, 0.3) is 5.56 Å². The summed E-state index contributed by atoms with van der Waals surface area (Å²) in [6, 6.07) is 22.5. The average molecular weight is 662 g/mol. The largest absolute Gasteiger partial charge is 0.493 e. The monoisotopic (exact) mass is 660 g/mol. The molecule has 0 bridgehead atoms. The van der Waals surface area contributed by atoms with E-state index in [9.17, 15) is 9.59 Å². The van der Waals surface area contributed by atoms with Crippen molar-refractivity contribution in [3.63, 3.8) is 0 Å². The molecule has 3 heterocycles. The minimum atomic E-state index is -0.880. The third-order valence-corrected chi connectivity index (χ3v) is 9.02. The number of ether oxygens (including phenoxy) is 3. The van der Waals surface area contributed by atoms with E-state index in [2.05, 4.69) is 0 Å². The Morgan fingerprint density at radius 3 is 2.51 bits per heavy atom. The van der Waals surface area contributed by atoms with Crippen molar-refractivity contribution in [2.45, 2.75) is 13.0 Å². The van der Waals surface area contributed by atoms with Gasteiger partial charge in [-0.3, -0.25) is 9.36 Å². The second kappa shape index (κ2) is 12.8. The molecule has 1 aliphatic rings. The number of esters is 1. The minimum Gasteiger partial charge on any atom is -0.493 e. The van der Waals surface area contributed by atoms with Crippen LogP contribution >= 0.6 is 34.5 Å². The molecule has 0 amide bonds. The summed E-state index contributed by atoms with van der Waals surface area (Å²) in [5.41, 5.74) is 2.24. The molecule has 0 saturated heterocycles. The number of methoxy groups -OCH3 is 2. The van der Waals surface area contributed by atoms with Crippen molar-refractivity contribution >= 4 is 52.3 Å². The van der Waals surface area contributed by atoms with Gasteiger partial charge in [0.2, 0.25) is 0 Å². The number of fused-ring (bicyclic) bond motifs is 1. The smallest absolute Gasteiger partial charge is 0.338 e. The van der Waals surface area contributed by atoms with Crippen LogP contribution in [0.2, 0.25) is 10.0 Å². The highest BCUT2D eigenvalue weighted by atomic mass is 35.5. The van der Waals surface area contributed by atoms with Crippen LogP contribution in [0.1, 0.15) is 29.9 Å². The molecule has 5 aromatic rings. The van der Waals surface area contributed by atoms with Gasteiger partial charge >= 0.3 is 5.97 Å². The minimum absolute atomic E-state index is 0.144. The van der Waals surface area contributed by atoms with E-state index in [0.717, 1.165) is 0 Å². The Kier molecular flexibility index (Phi) is 8.67. The van der Waals surface area contributed by atoms with E-state index in [1.165, 1.54) is 23.0 Å². The molecule has 1 aliphatic heterocycles. The van der Waals surface area contributed by atoms with Gasteiger partial charge in [0.1, 0.15) is 11.5 Å². The molecule has 1 atom stereocenters. The number of rotatable bonds is 8. The summed E-state index contributed by atoms with van der Waals surface area (Å²) in [5, 5.41) is 0.775. The molecule has 3 aromatic carbocycles.